The van der Waals surface area contributed by atoms with E-state index in [1.165, 1.54) is 0 Å². The van der Waals surface area contributed by atoms with Gasteiger partial charge in [0.25, 0.3) is 0 Å². The zero-order valence-electron chi connectivity index (χ0n) is 10.6. The minimum absolute atomic E-state index is 0.396. The smallest absolute Gasteiger partial charge is 0.0615 e. The summed E-state index contributed by atoms with van der Waals surface area (Å²) in [4.78, 5) is 4.29. The van der Waals surface area contributed by atoms with E-state index in [0.29, 0.717) is 6.04 Å². The van der Waals surface area contributed by atoms with Crippen molar-refractivity contribution in [3.63, 3.8) is 0 Å². The van der Waals surface area contributed by atoms with Gasteiger partial charge in [-0.3, -0.25) is 4.98 Å². The number of nitrogens with two attached hydrogens (primary N) is 1. The van der Waals surface area contributed by atoms with Crippen LogP contribution < -0.4 is 11.1 Å². The minimum atomic E-state index is 0.396. The molecule has 0 amide bonds. The fraction of sp³-hybridized carbons (Fsp3) is 0.615. The van der Waals surface area contributed by atoms with Gasteiger partial charge in [0, 0.05) is 38.0 Å². The van der Waals surface area contributed by atoms with Gasteiger partial charge in [0.1, 0.15) is 0 Å². The van der Waals surface area contributed by atoms with E-state index in [0.717, 1.165) is 44.7 Å². The maximum absolute atomic E-state index is 5.51. The largest absolute Gasteiger partial charge is 0.383 e. The highest BCUT2D eigenvalue weighted by molar-refractivity contribution is 5.03. The number of pyridine rings is 1. The summed E-state index contributed by atoms with van der Waals surface area (Å²) in [6.07, 6.45) is 4.87. The first kappa shape index (κ1) is 14.1. The van der Waals surface area contributed by atoms with Crippen molar-refractivity contribution < 1.29 is 4.74 Å². The summed E-state index contributed by atoms with van der Waals surface area (Å²) >= 11 is 0. The molecule has 0 saturated carbocycles. The van der Waals surface area contributed by atoms with Crippen molar-refractivity contribution in [2.75, 3.05) is 26.8 Å². The molecule has 0 aliphatic rings. The average molecular weight is 237 g/mol. The molecule has 1 heterocycles. The lowest BCUT2D eigenvalue weighted by molar-refractivity contribution is 0.162. The molecule has 1 unspecified atom stereocenters. The Hall–Kier alpha value is -0.970. The minimum Gasteiger partial charge on any atom is -0.383 e. The zero-order chi connectivity index (χ0) is 12.3. The van der Waals surface area contributed by atoms with Gasteiger partial charge in [0.05, 0.1) is 6.61 Å². The molecule has 0 fully saturated rings. The fourth-order valence-corrected chi connectivity index (χ4v) is 1.76. The highest BCUT2D eigenvalue weighted by atomic mass is 16.5. The van der Waals surface area contributed by atoms with Crippen LogP contribution in [0.1, 0.15) is 18.5 Å². The lowest BCUT2D eigenvalue weighted by atomic mass is 10.1. The van der Waals surface area contributed by atoms with Crippen LogP contribution in [0, 0.1) is 0 Å². The highest BCUT2D eigenvalue weighted by Gasteiger charge is 2.06. The predicted molar refractivity (Wildman–Crippen MR) is 69.9 cm³/mol. The van der Waals surface area contributed by atoms with Crippen molar-refractivity contribution in [1.82, 2.24) is 10.3 Å². The predicted octanol–water partition coefficient (Wildman–Crippen LogP) is 0.968. The third-order valence-electron chi connectivity index (χ3n) is 2.66. The molecule has 0 bridgehead atoms. The fourth-order valence-electron chi connectivity index (χ4n) is 1.76. The quantitative estimate of drug-likeness (QED) is 0.672. The third-order valence-corrected chi connectivity index (χ3v) is 2.66. The van der Waals surface area contributed by atoms with Crippen LogP contribution in [-0.2, 0) is 11.2 Å². The molecule has 0 aliphatic carbocycles. The molecule has 0 aromatic carbocycles. The average Bonchev–Trinajstić information content (AvgIpc) is 2.37. The first-order chi connectivity index (χ1) is 8.36. The molecule has 0 saturated heterocycles. The summed E-state index contributed by atoms with van der Waals surface area (Å²) in [6.45, 7) is 2.40. The summed E-state index contributed by atoms with van der Waals surface area (Å²) < 4.78 is 5.18. The van der Waals surface area contributed by atoms with E-state index in [-0.39, 0.29) is 0 Å². The van der Waals surface area contributed by atoms with E-state index >= 15 is 0 Å². The Morgan fingerprint density at radius 3 is 3.00 bits per heavy atom. The summed E-state index contributed by atoms with van der Waals surface area (Å²) in [5.41, 5.74) is 6.63. The van der Waals surface area contributed by atoms with Gasteiger partial charge < -0.3 is 15.8 Å². The molecule has 1 atom stereocenters. The first-order valence-corrected chi connectivity index (χ1v) is 6.19. The van der Waals surface area contributed by atoms with Gasteiger partial charge in [-0.1, -0.05) is 6.07 Å². The van der Waals surface area contributed by atoms with Gasteiger partial charge in [0.15, 0.2) is 0 Å². The molecule has 1 aromatic rings. The first-order valence-electron chi connectivity index (χ1n) is 6.19. The third kappa shape index (κ3) is 6.36. The van der Waals surface area contributed by atoms with E-state index < -0.39 is 0 Å². The van der Waals surface area contributed by atoms with E-state index in [4.69, 9.17) is 10.5 Å². The van der Waals surface area contributed by atoms with Gasteiger partial charge in [0.2, 0.25) is 0 Å². The summed E-state index contributed by atoms with van der Waals surface area (Å²) in [5, 5.41) is 3.48. The van der Waals surface area contributed by atoms with Crippen molar-refractivity contribution in [2.24, 2.45) is 5.73 Å². The van der Waals surface area contributed by atoms with Crippen molar-refractivity contribution in [3.8, 4) is 0 Å². The number of aromatic nitrogens is 1. The van der Waals surface area contributed by atoms with Crippen molar-refractivity contribution in [2.45, 2.75) is 25.3 Å². The number of rotatable bonds is 9. The second-order valence-corrected chi connectivity index (χ2v) is 4.11. The summed E-state index contributed by atoms with van der Waals surface area (Å²) in [5.74, 6) is 0. The number of hydrogen-bond acceptors (Lipinski definition) is 4. The lowest BCUT2D eigenvalue weighted by Crippen LogP contribution is -2.35. The van der Waals surface area contributed by atoms with E-state index in [9.17, 15) is 0 Å². The van der Waals surface area contributed by atoms with Crippen molar-refractivity contribution in [3.05, 3.63) is 30.1 Å². The number of methoxy groups -OCH3 is 1. The number of nitrogens with one attached hydrogen (secondary N) is 1. The van der Waals surface area contributed by atoms with Crippen LogP contribution in [0.15, 0.2) is 24.4 Å². The topological polar surface area (TPSA) is 60.2 Å². The molecule has 3 N–H and O–H groups in total. The Kier molecular flexibility index (Phi) is 7.54. The molecule has 1 rings (SSSR count). The molecule has 17 heavy (non-hydrogen) atoms. The van der Waals surface area contributed by atoms with Gasteiger partial charge in [-0.2, -0.15) is 0 Å². The molecular weight excluding hydrogens is 214 g/mol. The van der Waals surface area contributed by atoms with Crippen molar-refractivity contribution in [1.29, 1.82) is 0 Å². The number of nitrogens with zero attached hydrogens (tertiary/aromatic N) is 1. The normalized spacial score (nSPS) is 12.6. The van der Waals surface area contributed by atoms with Gasteiger partial charge in [-0.05, 0) is 31.5 Å². The number of hydrogen-bond donors (Lipinski definition) is 2. The Morgan fingerprint density at radius 2 is 2.35 bits per heavy atom. The van der Waals surface area contributed by atoms with Crippen molar-refractivity contribution >= 4 is 0 Å². The monoisotopic (exact) mass is 237 g/mol. The maximum atomic E-state index is 5.51. The van der Waals surface area contributed by atoms with E-state index in [1.54, 1.807) is 7.11 Å². The molecule has 0 radical (unpaired) electrons. The molecule has 96 valence electrons. The standard InChI is InChI=1S/C13H23N3O/c1-17-11-13(6-4-8-14)16-10-7-12-5-2-3-9-15-12/h2-3,5,9,13,16H,4,6-8,10-11,14H2,1H3. The van der Waals surface area contributed by atoms with Crippen LogP contribution in [0.2, 0.25) is 0 Å². The SMILES string of the molecule is COCC(CCCN)NCCc1ccccn1. The van der Waals surface area contributed by atoms with Crippen LogP contribution in [0.5, 0.6) is 0 Å². The molecule has 1 aromatic heterocycles. The second kappa shape index (κ2) is 9.10. The van der Waals surface area contributed by atoms with Gasteiger partial charge >= 0.3 is 0 Å². The Labute approximate surface area is 104 Å². The van der Waals surface area contributed by atoms with Crippen LogP contribution in [0.25, 0.3) is 0 Å². The maximum Gasteiger partial charge on any atom is 0.0615 e. The molecule has 0 aliphatic heterocycles. The van der Waals surface area contributed by atoms with Gasteiger partial charge in [-0.15, -0.1) is 0 Å². The lowest BCUT2D eigenvalue weighted by Gasteiger charge is -2.17. The van der Waals surface area contributed by atoms with Crippen LogP contribution >= 0.6 is 0 Å². The summed E-state index contributed by atoms with van der Waals surface area (Å²) in [7, 11) is 1.73. The molecule has 0 spiro atoms. The second-order valence-electron chi connectivity index (χ2n) is 4.11. The Bertz CT molecular complexity index is 279. The van der Waals surface area contributed by atoms with Gasteiger partial charge in [-0.25, -0.2) is 0 Å². The van der Waals surface area contributed by atoms with E-state index in [2.05, 4.69) is 10.3 Å². The van der Waals surface area contributed by atoms with Crippen LogP contribution in [0.3, 0.4) is 0 Å². The van der Waals surface area contributed by atoms with E-state index in [1.807, 2.05) is 24.4 Å². The molecule has 4 nitrogen and oxygen atoms in total. The molecular formula is C13H23N3O. The highest BCUT2D eigenvalue weighted by Crippen LogP contribution is 1.98. The molecule has 4 heteroatoms. The number of ether oxygens (including phenoxy) is 1. The van der Waals surface area contributed by atoms with Crippen LogP contribution in [-0.4, -0.2) is 37.8 Å². The zero-order valence-corrected chi connectivity index (χ0v) is 10.6. The summed E-state index contributed by atoms with van der Waals surface area (Å²) in [6, 6.07) is 6.40. The Balaban J connectivity index is 2.22. The van der Waals surface area contributed by atoms with Crippen LogP contribution in [0.4, 0.5) is 0 Å². The Morgan fingerprint density at radius 1 is 1.47 bits per heavy atom.